The van der Waals surface area contributed by atoms with Crippen LogP contribution in [0.25, 0.3) is 10.9 Å². The quantitative estimate of drug-likeness (QED) is 0.795. The first-order valence-electron chi connectivity index (χ1n) is 5.87. The van der Waals surface area contributed by atoms with Crippen LogP contribution in [0.4, 0.5) is 0 Å². The Morgan fingerprint density at radius 2 is 2.00 bits per heavy atom. The van der Waals surface area contributed by atoms with Crippen molar-refractivity contribution >= 4 is 10.9 Å². The lowest BCUT2D eigenvalue weighted by atomic mass is 9.98. The summed E-state index contributed by atoms with van der Waals surface area (Å²) in [6, 6.07) is 6.62. The zero-order chi connectivity index (χ0) is 12.1. The first-order chi connectivity index (χ1) is 7.72. The van der Waals surface area contributed by atoms with E-state index in [1.54, 1.807) is 0 Å². The molecule has 0 bridgehead atoms. The van der Waals surface area contributed by atoms with Crippen LogP contribution in [0.3, 0.4) is 0 Å². The van der Waals surface area contributed by atoms with Crippen LogP contribution in [0.2, 0.25) is 0 Å². The molecule has 0 aliphatic carbocycles. The fourth-order valence-corrected chi connectivity index (χ4v) is 1.89. The molecular formula is C14H22N2. The minimum atomic E-state index is 0.645. The second kappa shape index (κ2) is 5.71. The molecular weight excluding hydrogens is 196 g/mol. The normalized spacial score (nSPS) is 12.1. The van der Waals surface area contributed by atoms with Crippen molar-refractivity contribution in [1.82, 2.24) is 4.98 Å². The summed E-state index contributed by atoms with van der Waals surface area (Å²) < 4.78 is 0. The highest BCUT2D eigenvalue weighted by atomic mass is 14.7. The third kappa shape index (κ3) is 2.45. The number of rotatable bonds is 2. The number of aromatic nitrogens is 1. The Morgan fingerprint density at radius 1 is 1.31 bits per heavy atom. The highest BCUT2D eigenvalue weighted by molar-refractivity contribution is 5.84. The number of hydrogen-bond acceptors (Lipinski definition) is 1. The zero-order valence-corrected chi connectivity index (χ0v) is 10.7. The molecule has 1 aromatic carbocycles. The molecule has 0 saturated heterocycles. The third-order valence-corrected chi connectivity index (χ3v) is 3.01. The van der Waals surface area contributed by atoms with Gasteiger partial charge in [0.1, 0.15) is 0 Å². The molecule has 16 heavy (non-hydrogen) atoms. The molecule has 0 amide bonds. The number of benzene rings is 1. The maximum Gasteiger partial charge on any atom is 0.0459 e. The van der Waals surface area contributed by atoms with E-state index in [1.165, 1.54) is 35.5 Å². The average Bonchev–Trinajstić information content (AvgIpc) is 2.73. The van der Waals surface area contributed by atoms with Gasteiger partial charge in [0.2, 0.25) is 0 Å². The highest BCUT2D eigenvalue weighted by Crippen LogP contribution is 2.27. The molecule has 2 heteroatoms. The number of nitrogens with one attached hydrogen (secondary N) is 1. The van der Waals surface area contributed by atoms with Crippen molar-refractivity contribution < 1.29 is 0 Å². The number of aromatic amines is 1. The van der Waals surface area contributed by atoms with E-state index in [9.17, 15) is 0 Å². The van der Waals surface area contributed by atoms with Gasteiger partial charge in [-0.15, -0.1) is 0 Å². The van der Waals surface area contributed by atoms with E-state index in [0.29, 0.717) is 5.92 Å². The van der Waals surface area contributed by atoms with Crippen LogP contribution in [0.5, 0.6) is 0 Å². The number of fused-ring (bicyclic) bond motifs is 1. The maximum absolute atomic E-state index is 4.50. The fraction of sp³-hybridized carbons (Fsp3) is 0.429. The molecule has 2 nitrogen and oxygen atoms in total. The number of hydrogen-bond donors (Lipinski definition) is 2. The second-order valence-electron chi connectivity index (χ2n) is 4.10. The molecule has 2 rings (SSSR count). The first kappa shape index (κ1) is 12.8. The summed E-state index contributed by atoms with van der Waals surface area (Å²) in [6.07, 6.45) is 3.35. The van der Waals surface area contributed by atoms with Crippen LogP contribution in [0.15, 0.2) is 24.4 Å². The van der Waals surface area contributed by atoms with Crippen molar-refractivity contribution in [2.75, 3.05) is 7.05 Å². The van der Waals surface area contributed by atoms with Gasteiger partial charge in [-0.3, -0.25) is 0 Å². The Labute approximate surface area is 97.9 Å². The Morgan fingerprint density at radius 3 is 2.62 bits per heavy atom. The van der Waals surface area contributed by atoms with Gasteiger partial charge in [0.05, 0.1) is 0 Å². The summed E-state index contributed by atoms with van der Waals surface area (Å²) in [4.78, 5) is 3.34. The van der Waals surface area contributed by atoms with Gasteiger partial charge >= 0.3 is 0 Å². The molecule has 1 unspecified atom stereocenters. The van der Waals surface area contributed by atoms with Crippen LogP contribution in [0, 0.1) is 6.92 Å². The van der Waals surface area contributed by atoms with Crippen LogP contribution in [0.1, 0.15) is 37.3 Å². The Balaban J connectivity index is 0.000000606. The maximum atomic E-state index is 4.50. The van der Waals surface area contributed by atoms with Crippen molar-refractivity contribution in [3.63, 3.8) is 0 Å². The Kier molecular flexibility index (Phi) is 4.56. The van der Waals surface area contributed by atoms with Crippen LogP contribution in [-0.4, -0.2) is 12.0 Å². The molecule has 1 heterocycles. The smallest absolute Gasteiger partial charge is 0.0459 e. The summed E-state index contributed by atoms with van der Waals surface area (Å²) in [7, 11) is 1.50. The van der Waals surface area contributed by atoms with Crippen molar-refractivity contribution in [1.29, 1.82) is 0 Å². The molecule has 0 aliphatic heterocycles. The van der Waals surface area contributed by atoms with Gasteiger partial charge in [-0.25, -0.2) is 0 Å². The van der Waals surface area contributed by atoms with Gasteiger partial charge in [0, 0.05) is 17.1 Å². The molecule has 0 fully saturated rings. The predicted molar refractivity (Wildman–Crippen MR) is 71.9 cm³/mol. The molecule has 88 valence electrons. The lowest BCUT2D eigenvalue weighted by Crippen LogP contribution is -1.88. The highest BCUT2D eigenvalue weighted by Gasteiger charge is 2.08. The SMILES string of the molecule is CCC(C)c1c[nH]c2cc(C)ccc12.CN. The summed E-state index contributed by atoms with van der Waals surface area (Å²) in [6.45, 7) is 6.64. The topological polar surface area (TPSA) is 41.8 Å². The van der Waals surface area contributed by atoms with E-state index < -0.39 is 0 Å². The van der Waals surface area contributed by atoms with Gasteiger partial charge in [-0.05, 0) is 43.5 Å². The number of nitrogens with two attached hydrogens (primary N) is 1. The number of H-pyrrole nitrogens is 1. The number of aryl methyl sites for hydroxylation is 1. The zero-order valence-electron chi connectivity index (χ0n) is 10.7. The lowest BCUT2D eigenvalue weighted by molar-refractivity contribution is 0.739. The Hall–Kier alpha value is -1.28. The largest absolute Gasteiger partial charge is 0.361 e. The van der Waals surface area contributed by atoms with Crippen molar-refractivity contribution in [3.05, 3.63) is 35.5 Å². The van der Waals surface area contributed by atoms with Gasteiger partial charge in [-0.1, -0.05) is 26.0 Å². The summed E-state index contributed by atoms with van der Waals surface area (Å²) in [5.74, 6) is 0.645. The van der Waals surface area contributed by atoms with E-state index in [-0.39, 0.29) is 0 Å². The van der Waals surface area contributed by atoms with Gasteiger partial charge < -0.3 is 10.7 Å². The van der Waals surface area contributed by atoms with Crippen LogP contribution >= 0.6 is 0 Å². The summed E-state index contributed by atoms with van der Waals surface area (Å²) >= 11 is 0. The van der Waals surface area contributed by atoms with Crippen LogP contribution in [-0.2, 0) is 0 Å². The summed E-state index contributed by atoms with van der Waals surface area (Å²) in [5.41, 5.74) is 8.53. The molecule has 2 aromatic rings. The molecule has 1 atom stereocenters. The van der Waals surface area contributed by atoms with Gasteiger partial charge in [0.15, 0.2) is 0 Å². The molecule has 0 radical (unpaired) electrons. The average molecular weight is 218 g/mol. The standard InChI is InChI=1S/C13H17N.CH5N/c1-4-10(3)12-8-14-13-7-9(2)5-6-11(12)13;1-2/h5-8,10,14H,4H2,1-3H3;2H2,1H3. The third-order valence-electron chi connectivity index (χ3n) is 3.01. The van der Waals surface area contributed by atoms with E-state index in [0.717, 1.165) is 0 Å². The van der Waals surface area contributed by atoms with Crippen molar-refractivity contribution in [2.24, 2.45) is 5.73 Å². The summed E-state index contributed by atoms with van der Waals surface area (Å²) in [5, 5.41) is 1.38. The lowest BCUT2D eigenvalue weighted by Gasteiger charge is -2.06. The molecule has 1 aromatic heterocycles. The van der Waals surface area contributed by atoms with E-state index in [1.807, 2.05) is 0 Å². The van der Waals surface area contributed by atoms with Crippen LogP contribution < -0.4 is 5.73 Å². The molecule has 3 N–H and O–H groups in total. The monoisotopic (exact) mass is 218 g/mol. The minimum Gasteiger partial charge on any atom is -0.361 e. The fourth-order valence-electron chi connectivity index (χ4n) is 1.89. The Bertz CT molecular complexity index is 443. The minimum absolute atomic E-state index is 0.645. The van der Waals surface area contributed by atoms with Gasteiger partial charge in [-0.2, -0.15) is 0 Å². The molecule has 0 saturated carbocycles. The van der Waals surface area contributed by atoms with Crippen molar-refractivity contribution in [2.45, 2.75) is 33.1 Å². The first-order valence-corrected chi connectivity index (χ1v) is 5.87. The predicted octanol–water partition coefficient (Wildman–Crippen LogP) is 3.56. The second-order valence-corrected chi connectivity index (χ2v) is 4.10. The van der Waals surface area contributed by atoms with Crippen molar-refractivity contribution in [3.8, 4) is 0 Å². The molecule has 0 aliphatic rings. The van der Waals surface area contributed by atoms with E-state index in [4.69, 9.17) is 0 Å². The van der Waals surface area contributed by atoms with E-state index in [2.05, 4.69) is 55.9 Å². The van der Waals surface area contributed by atoms with Gasteiger partial charge in [0.25, 0.3) is 0 Å². The van der Waals surface area contributed by atoms with E-state index >= 15 is 0 Å². The molecule has 0 spiro atoms.